The van der Waals surface area contributed by atoms with E-state index in [1.165, 1.54) is 18.2 Å². The van der Waals surface area contributed by atoms with Crippen LogP contribution >= 0.6 is 11.6 Å². The molecule has 0 saturated heterocycles. The Morgan fingerprint density at radius 1 is 1.33 bits per heavy atom. The second kappa shape index (κ2) is 6.86. The lowest BCUT2D eigenvalue weighted by Crippen LogP contribution is -2.17. The average Bonchev–Trinajstić information content (AvgIpc) is 2.54. The molecule has 1 heterocycles. The summed E-state index contributed by atoms with van der Waals surface area (Å²) >= 11 is 6.10. The number of hydrogen-bond acceptors (Lipinski definition) is 6. The van der Waals surface area contributed by atoms with Crippen molar-refractivity contribution < 1.29 is 9.53 Å². The zero-order valence-electron chi connectivity index (χ0n) is 12.5. The second-order valence-electron chi connectivity index (χ2n) is 4.60. The third kappa shape index (κ3) is 2.81. The normalized spacial score (nSPS) is 9.83. The molecular weight excluding hydrogens is 332 g/mol. The first-order valence-electron chi connectivity index (χ1n) is 6.78. The summed E-state index contributed by atoms with van der Waals surface area (Å²) in [6, 6.07) is 8.04. The van der Waals surface area contributed by atoms with Crippen LogP contribution in [0.3, 0.4) is 0 Å². The number of carbonyl (C=O) groups is 1. The molecule has 0 atom stereocenters. The molecule has 1 aromatic heterocycles. The van der Waals surface area contributed by atoms with Gasteiger partial charge < -0.3 is 15.5 Å². The number of hydrogen-bond donors (Lipinski definition) is 2. The fourth-order valence-corrected chi connectivity index (χ4v) is 2.51. The van der Waals surface area contributed by atoms with Gasteiger partial charge in [-0.15, -0.1) is 0 Å². The van der Waals surface area contributed by atoms with Crippen molar-refractivity contribution in [3.63, 3.8) is 0 Å². The molecule has 0 bridgehead atoms. The van der Waals surface area contributed by atoms with Crippen LogP contribution in [-0.4, -0.2) is 17.6 Å². The predicted octanol–water partition coefficient (Wildman–Crippen LogP) is 2.20. The van der Waals surface area contributed by atoms with Crippen molar-refractivity contribution in [3.8, 4) is 23.3 Å². The summed E-state index contributed by atoms with van der Waals surface area (Å²) in [7, 11) is 0. The van der Waals surface area contributed by atoms with Gasteiger partial charge in [0.2, 0.25) is 0 Å². The summed E-state index contributed by atoms with van der Waals surface area (Å²) in [6.07, 6.45) is 0. The van der Waals surface area contributed by atoms with Crippen LogP contribution < -0.4 is 11.3 Å². The minimum Gasteiger partial charge on any atom is -0.462 e. The summed E-state index contributed by atoms with van der Waals surface area (Å²) in [5.74, 6) is -0.934. The van der Waals surface area contributed by atoms with Crippen molar-refractivity contribution in [2.75, 3.05) is 12.3 Å². The third-order valence-electron chi connectivity index (χ3n) is 3.23. The largest absolute Gasteiger partial charge is 0.462 e. The number of pyridine rings is 1. The Labute approximate surface area is 141 Å². The van der Waals surface area contributed by atoms with Crippen LogP contribution in [0, 0.1) is 22.7 Å². The van der Waals surface area contributed by atoms with Crippen LogP contribution in [0.25, 0.3) is 11.1 Å². The number of nitrogen functional groups attached to an aromatic ring is 1. The molecule has 2 rings (SSSR count). The molecule has 0 unspecified atom stereocenters. The minimum atomic E-state index is -0.765. The first-order chi connectivity index (χ1) is 11.5. The molecule has 7 nitrogen and oxygen atoms in total. The van der Waals surface area contributed by atoms with E-state index >= 15 is 0 Å². The predicted molar refractivity (Wildman–Crippen MR) is 87.3 cm³/mol. The number of halogens is 1. The van der Waals surface area contributed by atoms with Gasteiger partial charge in [0.1, 0.15) is 29.1 Å². The maximum Gasteiger partial charge on any atom is 0.340 e. The summed E-state index contributed by atoms with van der Waals surface area (Å²) < 4.78 is 4.97. The Kier molecular flexibility index (Phi) is 4.88. The maximum absolute atomic E-state index is 12.2. The number of nitriles is 2. The van der Waals surface area contributed by atoms with Crippen molar-refractivity contribution in [1.29, 1.82) is 10.5 Å². The Balaban J connectivity index is 2.97. The van der Waals surface area contributed by atoms with Gasteiger partial charge >= 0.3 is 5.97 Å². The highest BCUT2D eigenvalue weighted by atomic mass is 35.5. The molecule has 120 valence electrons. The van der Waals surface area contributed by atoms with Crippen LogP contribution in [0.2, 0.25) is 5.02 Å². The first-order valence-corrected chi connectivity index (χ1v) is 7.16. The monoisotopic (exact) mass is 342 g/mol. The van der Waals surface area contributed by atoms with Crippen LogP contribution in [0.15, 0.2) is 23.0 Å². The molecule has 8 heteroatoms. The molecule has 0 aliphatic heterocycles. The lowest BCUT2D eigenvalue weighted by molar-refractivity contribution is 0.0527. The van der Waals surface area contributed by atoms with Crippen molar-refractivity contribution in [3.05, 3.63) is 50.3 Å². The third-order valence-corrected chi connectivity index (χ3v) is 3.55. The number of anilines is 1. The number of aromatic amines is 1. The van der Waals surface area contributed by atoms with Gasteiger partial charge in [-0.2, -0.15) is 10.5 Å². The maximum atomic E-state index is 12.2. The molecule has 0 fully saturated rings. The van der Waals surface area contributed by atoms with Gasteiger partial charge in [0.25, 0.3) is 5.56 Å². The molecule has 0 aliphatic rings. The highest BCUT2D eigenvalue weighted by Crippen LogP contribution is 2.34. The highest BCUT2D eigenvalue weighted by molar-refractivity contribution is 6.34. The fraction of sp³-hybridized carbons (Fsp3) is 0.125. The second-order valence-corrected chi connectivity index (χ2v) is 5.01. The van der Waals surface area contributed by atoms with E-state index in [4.69, 9.17) is 22.1 Å². The highest BCUT2D eigenvalue weighted by Gasteiger charge is 2.25. The SMILES string of the molecule is CCOC(=O)c1c(Cl)cccc1-c1c(C#N)c(N)[nH]c(=O)c1C#N. The van der Waals surface area contributed by atoms with Gasteiger partial charge in [-0.1, -0.05) is 23.7 Å². The fourth-order valence-electron chi connectivity index (χ4n) is 2.26. The van der Waals surface area contributed by atoms with Gasteiger partial charge in [0, 0.05) is 11.1 Å². The number of benzene rings is 1. The van der Waals surface area contributed by atoms with E-state index in [-0.39, 0.29) is 45.3 Å². The summed E-state index contributed by atoms with van der Waals surface area (Å²) in [5.41, 5.74) is 4.49. The van der Waals surface area contributed by atoms with E-state index in [1.807, 2.05) is 6.07 Å². The van der Waals surface area contributed by atoms with Crippen LogP contribution in [-0.2, 0) is 4.74 Å². The van der Waals surface area contributed by atoms with E-state index in [0.717, 1.165) is 0 Å². The number of nitrogens with two attached hydrogens (primary N) is 1. The van der Waals surface area contributed by atoms with E-state index in [2.05, 4.69) is 4.98 Å². The van der Waals surface area contributed by atoms with E-state index in [1.54, 1.807) is 13.0 Å². The number of ether oxygens (including phenoxy) is 1. The molecule has 1 aromatic carbocycles. The van der Waals surface area contributed by atoms with Gasteiger partial charge in [0.05, 0.1) is 17.2 Å². The van der Waals surface area contributed by atoms with Crippen molar-refractivity contribution in [1.82, 2.24) is 4.98 Å². The van der Waals surface area contributed by atoms with Crippen molar-refractivity contribution in [2.45, 2.75) is 6.92 Å². The van der Waals surface area contributed by atoms with Crippen LogP contribution in [0.1, 0.15) is 28.4 Å². The smallest absolute Gasteiger partial charge is 0.340 e. The van der Waals surface area contributed by atoms with Crippen molar-refractivity contribution >= 4 is 23.4 Å². The molecule has 0 saturated carbocycles. The molecule has 24 heavy (non-hydrogen) atoms. The molecule has 0 amide bonds. The van der Waals surface area contributed by atoms with Gasteiger partial charge in [-0.25, -0.2) is 4.79 Å². The lowest BCUT2D eigenvalue weighted by atomic mass is 9.93. The molecular formula is C16H11ClN4O3. The average molecular weight is 343 g/mol. The first kappa shape index (κ1) is 17.1. The van der Waals surface area contributed by atoms with E-state index < -0.39 is 11.5 Å². The Bertz CT molecular complexity index is 967. The number of rotatable bonds is 3. The Hall–Kier alpha value is -3.29. The molecule has 0 aliphatic carbocycles. The Morgan fingerprint density at radius 2 is 2.00 bits per heavy atom. The van der Waals surface area contributed by atoms with Gasteiger partial charge in [-0.3, -0.25) is 4.79 Å². The summed E-state index contributed by atoms with van der Waals surface area (Å²) in [4.78, 5) is 26.5. The van der Waals surface area contributed by atoms with Gasteiger partial charge in [-0.05, 0) is 13.0 Å². The lowest BCUT2D eigenvalue weighted by Gasteiger charge is -2.13. The van der Waals surface area contributed by atoms with Crippen LogP contribution in [0.4, 0.5) is 5.82 Å². The number of H-pyrrole nitrogens is 1. The van der Waals surface area contributed by atoms with Crippen LogP contribution in [0.5, 0.6) is 0 Å². The minimum absolute atomic E-state index is 0.0426. The Morgan fingerprint density at radius 3 is 2.58 bits per heavy atom. The quantitative estimate of drug-likeness (QED) is 0.821. The number of carbonyl (C=O) groups excluding carboxylic acids is 1. The summed E-state index contributed by atoms with van der Waals surface area (Å²) in [6.45, 7) is 1.73. The topological polar surface area (TPSA) is 133 Å². The zero-order valence-corrected chi connectivity index (χ0v) is 13.3. The summed E-state index contributed by atoms with van der Waals surface area (Å²) in [5, 5.41) is 18.7. The van der Waals surface area contributed by atoms with Crippen molar-refractivity contribution in [2.24, 2.45) is 0 Å². The number of nitrogens with zero attached hydrogens (tertiary/aromatic N) is 2. The van der Waals surface area contributed by atoms with E-state index in [0.29, 0.717) is 0 Å². The number of nitrogens with one attached hydrogen (secondary N) is 1. The zero-order chi connectivity index (χ0) is 17.9. The van der Waals surface area contributed by atoms with E-state index in [9.17, 15) is 20.1 Å². The molecule has 3 N–H and O–H groups in total. The molecule has 2 aromatic rings. The number of esters is 1. The molecule has 0 radical (unpaired) electrons. The standard InChI is InChI=1S/C16H11ClN4O3/c1-2-24-16(23)13-8(4-3-5-11(13)17)12-9(6-18)14(20)21-15(22)10(12)7-19/h3-5H,2H2,1H3,(H3,20,21,22). The van der Waals surface area contributed by atoms with Gasteiger partial charge in [0.15, 0.2) is 0 Å². The molecule has 0 spiro atoms. The number of aromatic nitrogens is 1.